The maximum atomic E-state index is 9.55. The second kappa shape index (κ2) is 17.5. The second-order valence-corrected chi connectivity index (χ2v) is 6.69. The molecule has 0 spiro atoms. The molecule has 0 aromatic heterocycles. The number of hydrogen-bond donors (Lipinski definition) is 2. The summed E-state index contributed by atoms with van der Waals surface area (Å²) in [5.74, 6) is -1.23. The quantitative estimate of drug-likeness (QED) is 0.466. The Hall–Kier alpha value is -1.30. The van der Waals surface area contributed by atoms with Crippen LogP contribution in [0, 0.1) is 0 Å². The second-order valence-electron chi connectivity index (χ2n) is 6.69. The molecule has 0 aromatic carbocycles. The van der Waals surface area contributed by atoms with Crippen LogP contribution in [-0.2, 0) is 4.79 Å². The molecule has 0 aliphatic rings. The first-order valence-corrected chi connectivity index (χ1v) is 9.89. The first-order valence-electron chi connectivity index (χ1n) is 9.89. The monoisotopic (exact) mass is 360 g/mol. The van der Waals surface area contributed by atoms with Gasteiger partial charge in [0.25, 0.3) is 0 Å². The Morgan fingerprint density at radius 2 is 1.12 bits per heavy atom. The summed E-state index contributed by atoms with van der Waals surface area (Å²) in [7, 11) is 0. The van der Waals surface area contributed by atoms with Gasteiger partial charge in [-0.2, -0.15) is 0 Å². The highest BCUT2D eigenvalue weighted by Crippen LogP contribution is 2.16. The molecule has 0 saturated carbocycles. The van der Waals surface area contributed by atoms with Crippen molar-refractivity contribution >= 4 is 12.1 Å². The van der Waals surface area contributed by atoms with Gasteiger partial charge in [-0.3, -0.25) is 4.79 Å². The Balaban J connectivity index is 0. The molecule has 0 fully saturated rings. The lowest BCUT2D eigenvalue weighted by Gasteiger charge is -2.39. The fourth-order valence-corrected chi connectivity index (χ4v) is 2.79. The van der Waals surface area contributed by atoms with E-state index in [9.17, 15) is 14.7 Å². The van der Waals surface area contributed by atoms with E-state index in [1.54, 1.807) is 5.32 Å². The number of carboxylic acids is 1. The van der Waals surface area contributed by atoms with Crippen LogP contribution >= 0.6 is 0 Å². The van der Waals surface area contributed by atoms with E-state index in [0.29, 0.717) is 0 Å². The van der Waals surface area contributed by atoms with Crippen molar-refractivity contribution in [2.45, 2.75) is 79.1 Å². The number of carboxylic acid groups (broad SMARTS) is 2. The van der Waals surface area contributed by atoms with E-state index in [-0.39, 0.29) is 0 Å². The molecule has 6 nitrogen and oxygen atoms in total. The Bertz CT molecular complexity index is 284. The standard InChI is InChI=1S/C16H36N.C3H5NO4/c1-5-9-13-17(14-10-6-2,15-11-7-3)16-12-8-4;5-2(6)1-4-3(7)8/h5-16H2,1-4H3;4H,1H2,(H,5,6)(H,7,8)/q+1;/p-1. The molecule has 0 saturated heterocycles. The molecular weight excluding hydrogens is 320 g/mol. The molecule has 1 amide bonds. The molecular formula is C19H40N2O4. The van der Waals surface area contributed by atoms with E-state index < -0.39 is 18.6 Å². The topological polar surface area (TPSA) is 89.5 Å². The van der Waals surface area contributed by atoms with Gasteiger partial charge < -0.3 is 24.8 Å². The lowest BCUT2D eigenvalue weighted by molar-refractivity contribution is -0.929. The molecule has 0 unspecified atom stereocenters. The van der Waals surface area contributed by atoms with Gasteiger partial charge in [0, 0.05) is 0 Å². The zero-order valence-electron chi connectivity index (χ0n) is 16.8. The summed E-state index contributed by atoms with van der Waals surface area (Å²) >= 11 is 0. The average molecular weight is 361 g/mol. The molecule has 6 heteroatoms. The van der Waals surface area contributed by atoms with Crippen LogP contribution in [-0.4, -0.2) is 54.4 Å². The summed E-state index contributed by atoms with van der Waals surface area (Å²) in [4.78, 5) is 19.0. The molecule has 0 atom stereocenters. The van der Waals surface area contributed by atoms with Crippen LogP contribution < -0.4 is 10.4 Å². The fourth-order valence-electron chi connectivity index (χ4n) is 2.79. The largest absolute Gasteiger partial charge is 0.530 e. The molecule has 0 aliphatic heterocycles. The van der Waals surface area contributed by atoms with Gasteiger partial charge in [-0.25, -0.2) is 0 Å². The molecule has 0 radical (unpaired) electrons. The predicted octanol–water partition coefficient (Wildman–Crippen LogP) is 3.01. The number of nitrogens with one attached hydrogen (secondary N) is 1. The number of amides is 1. The van der Waals surface area contributed by atoms with Gasteiger partial charge >= 0.3 is 5.97 Å². The normalized spacial score (nSPS) is 10.7. The van der Waals surface area contributed by atoms with Crippen molar-refractivity contribution in [3.05, 3.63) is 0 Å². The molecule has 2 N–H and O–H groups in total. The highest BCUT2D eigenvalue weighted by atomic mass is 16.4. The van der Waals surface area contributed by atoms with Crippen molar-refractivity contribution in [1.29, 1.82) is 0 Å². The minimum Gasteiger partial charge on any atom is -0.530 e. The number of carbonyl (C=O) groups is 2. The molecule has 0 aliphatic carbocycles. The molecule has 0 bridgehead atoms. The molecule has 25 heavy (non-hydrogen) atoms. The lowest BCUT2D eigenvalue weighted by atomic mass is 10.1. The van der Waals surface area contributed by atoms with E-state index in [4.69, 9.17) is 5.11 Å². The minimum atomic E-state index is -1.58. The van der Waals surface area contributed by atoms with Crippen LogP contribution in [0.2, 0.25) is 0 Å². The van der Waals surface area contributed by atoms with E-state index >= 15 is 0 Å². The summed E-state index contributed by atoms with van der Waals surface area (Å²) in [5, 5.41) is 18.8. The molecule has 0 heterocycles. The average Bonchev–Trinajstić information content (AvgIpc) is 2.59. The summed E-state index contributed by atoms with van der Waals surface area (Å²) in [5.41, 5.74) is 0. The maximum absolute atomic E-state index is 9.55. The van der Waals surface area contributed by atoms with Gasteiger partial charge in [0.2, 0.25) is 0 Å². The van der Waals surface area contributed by atoms with Gasteiger partial charge in [-0.15, -0.1) is 0 Å². The van der Waals surface area contributed by atoms with Gasteiger partial charge in [-0.1, -0.05) is 53.4 Å². The van der Waals surface area contributed by atoms with Crippen molar-refractivity contribution in [2.75, 3.05) is 32.7 Å². The van der Waals surface area contributed by atoms with Crippen LogP contribution in [0.25, 0.3) is 0 Å². The maximum Gasteiger partial charge on any atom is 0.322 e. The zero-order valence-corrected chi connectivity index (χ0v) is 16.8. The van der Waals surface area contributed by atoms with Crippen molar-refractivity contribution in [3.8, 4) is 0 Å². The van der Waals surface area contributed by atoms with Crippen LogP contribution in [0.4, 0.5) is 4.79 Å². The summed E-state index contributed by atoms with van der Waals surface area (Å²) in [6.45, 7) is 14.4. The first-order chi connectivity index (χ1) is 11.9. The lowest BCUT2D eigenvalue weighted by Crippen LogP contribution is -2.50. The summed E-state index contributed by atoms with van der Waals surface area (Å²) in [6, 6.07) is 0. The number of carbonyl (C=O) groups excluding carboxylic acids is 1. The zero-order chi connectivity index (χ0) is 19.6. The third-order valence-corrected chi connectivity index (χ3v) is 4.33. The van der Waals surface area contributed by atoms with Crippen molar-refractivity contribution in [1.82, 2.24) is 5.32 Å². The number of unbranched alkanes of at least 4 members (excludes halogenated alkanes) is 4. The molecule has 0 aromatic rings. The van der Waals surface area contributed by atoms with Gasteiger partial charge in [0.15, 0.2) is 0 Å². The molecule has 0 rings (SSSR count). The smallest absolute Gasteiger partial charge is 0.322 e. The van der Waals surface area contributed by atoms with Gasteiger partial charge in [-0.05, 0) is 25.7 Å². The Kier molecular flexibility index (Phi) is 18.2. The van der Waals surface area contributed by atoms with Crippen LogP contribution in [0.5, 0.6) is 0 Å². The number of nitrogens with zero attached hydrogens (tertiary/aromatic N) is 1. The predicted molar refractivity (Wildman–Crippen MR) is 100 cm³/mol. The highest BCUT2D eigenvalue weighted by Gasteiger charge is 2.24. The van der Waals surface area contributed by atoms with Crippen LogP contribution in [0.3, 0.4) is 0 Å². The number of aliphatic carboxylic acids is 1. The van der Waals surface area contributed by atoms with E-state index in [1.807, 2.05) is 0 Å². The number of hydrogen-bond acceptors (Lipinski definition) is 3. The Labute approximate surface area is 154 Å². The molecule has 150 valence electrons. The SMILES string of the molecule is CCCC[N+](CCCC)(CCCC)CCCC.O=C(O)CNC(=O)[O-]. The van der Waals surface area contributed by atoms with Crippen molar-refractivity contribution in [2.24, 2.45) is 0 Å². The third-order valence-electron chi connectivity index (χ3n) is 4.33. The van der Waals surface area contributed by atoms with Gasteiger partial charge in [0.1, 0.15) is 12.6 Å². The summed E-state index contributed by atoms with van der Waals surface area (Å²) < 4.78 is 1.42. The Morgan fingerprint density at radius 1 is 0.800 bits per heavy atom. The minimum absolute atomic E-state index is 0.609. The first kappa shape index (κ1) is 25.9. The highest BCUT2D eigenvalue weighted by molar-refractivity contribution is 5.74. The van der Waals surface area contributed by atoms with Crippen molar-refractivity contribution in [3.63, 3.8) is 0 Å². The summed E-state index contributed by atoms with van der Waals surface area (Å²) in [6.07, 6.45) is 9.49. The van der Waals surface area contributed by atoms with E-state index in [1.165, 1.54) is 82.0 Å². The van der Waals surface area contributed by atoms with E-state index in [0.717, 1.165) is 0 Å². The van der Waals surface area contributed by atoms with E-state index in [2.05, 4.69) is 27.7 Å². The Morgan fingerprint density at radius 3 is 1.28 bits per heavy atom. The van der Waals surface area contributed by atoms with Gasteiger partial charge in [0.05, 0.1) is 26.2 Å². The third kappa shape index (κ3) is 17.3. The number of rotatable bonds is 14. The number of quaternary nitrogens is 1. The van der Waals surface area contributed by atoms with Crippen molar-refractivity contribution < 1.29 is 24.3 Å². The van der Waals surface area contributed by atoms with Crippen LogP contribution in [0.15, 0.2) is 0 Å². The fraction of sp³-hybridized carbons (Fsp3) is 0.895. The van der Waals surface area contributed by atoms with Crippen LogP contribution in [0.1, 0.15) is 79.1 Å².